The van der Waals surface area contributed by atoms with Gasteiger partial charge in [-0.15, -0.1) is 5.06 Å². The summed E-state index contributed by atoms with van der Waals surface area (Å²) in [6.45, 7) is 2.67. The maximum atomic E-state index is 12.4. The quantitative estimate of drug-likeness (QED) is 0.486. The third kappa shape index (κ3) is 4.90. The SMILES string of the molecule is CC(=O)OCC(COC(C)=O)c1cccc(CON2C(=O)c3ccccc3C2=O)c1. The van der Waals surface area contributed by atoms with Crippen LogP contribution in [0.1, 0.15) is 51.6 Å². The molecule has 0 atom stereocenters. The second-order valence-electron chi connectivity index (χ2n) is 6.77. The fourth-order valence-electron chi connectivity index (χ4n) is 3.04. The molecule has 0 bridgehead atoms. The largest absolute Gasteiger partial charge is 0.465 e. The molecule has 3 rings (SSSR count). The summed E-state index contributed by atoms with van der Waals surface area (Å²) in [6.07, 6.45) is 0. The van der Waals surface area contributed by atoms with Gasteiger partial charge in [-0.3, -0.25) is 24.0 Å². The number of hydrogen-bond donors (Lipinski definition) is 0. The van der Waals surface area contributed by atoms with Crippen molar-refractivity contribution in [2.45, 2.75) is 26.4 Å². The average Bonchev–Trinajstić information content (AvgIpc) is 2.97. The molecule has 1 heterocycles. The Kier molecular flexibility index (Phi) is 6.58. The van der Waals surface area contributed by atoms with Crippen molar-refractivity contribution in [3.8, 4) is 0 Å². The number of hydroxylamine groups is 2. The van der Waals surface area contributed by atoms with Crippen LogP contribution >= 0.6 is 0 Å². The van der Waals surface area contributed by atoms with Crippen LogP contribution < -0.4 is 0 Å². The molecule has 0 saturated carbocycles. The number of carbonyl (C=O) groups is 4. The molecular weight excluding hydrogens is 390 g/mol. The summed E-state index contributed by atoms with van der Waals surface area (Å²) in [5.41, 5.74) is 2.07. The van der Waals surface area contributed by atoms with Gasteiger partial charge in [-0.1, -0.05) is 36.4 Å². The number of hydrogen-bond acceptors (Lipinski definition) is 7. The molecule has 156 valence electrons. The molecule has 0 aliphatic carbocycles. The summed E-state index contributed by atoms with van der Waals surface area (Å²) in [5, 5.41) is 0.756. The molecule has 8 nitrogen and oxygen atoms in total. The van der Waals surface area contributed by atoms with Crippen molar-refractivity contribution in [2.75, 3.05) is 13.2 Å². The highest BCUT2D eigenvalue weighted by atomic mass is 16.7. The molecule has 1 aliphatic heterocycles. The third-order valence-corrected chi connectivity index (χ3v) is 4.52. The molecule has 0 radical (unpaired) electrons. The van der Waals surface area contributed by atoms with E-state index in [1.165, 1.54) is 13.8 Å². The number of fused-ring (bicyclic) bond motifs is 1. The van der Waals surface area contributed by atoms with Gasteiger partial charge in [0.25, 0.3) is 11.8 Å². The summed E-state index contributed by atoms with van der Waals surface area (Å²) < 4.78 is 10.2. The van der Waals surface area contributed by atoms with Crippen LogP contribution in [0.3, 0.4) is 0 Å². The predicted molar refractivity (Wildman–Crippen MR) is 104 cm³/mol. The summed E-state index contributed by atoms with van der Waals surface area (Å²) in [4.78, 5) is 52.6. The minimum absolute atomic E-state index is 0.0207. The van der Waals surface area contributed by atoms with Gasteiger partial charge >= 0.3 is 11.9 Å². The Labute approximate surface area is 173 Å². The van der Waals surface area contributed by atoms with E-state index >= 15 is 0 Å². The lowest BCUT2D eigenvalue weighted by molar-refractivity contribution is -0.144. The van der Waals surface area contributed by atoms with Crippen molar-refractivity contribution >= 4 is 23.8 Å². The number of benzene rings is 2. The van der Waals surface area contributed by atoms with Crippen molar-refractivity contribution < 1.29 is 33.5 Å². The van der Waals surface area contributed by atoms with Crippen LogP contribution in [-0.4, -0.2) is 42.0 Å². The van der Waals surface area contributed by atoms with E-state index in [1.807, 2.05) is 6.07 Å². The lowest BCUT2D eigenvalue weighted by atomic mass is 9.99. The van der Waals surface area contributed by atoms with Crippen LogP contribution in [0.15, 0.2) is 48.5 Å². The molecule has 0 unspecified atom stereocenters. The van der Waals surface area contributed by atoms with Gasteiger partial charge in [-0.25, -0.2) is 0 Å². The van der Waals surface area contributed by atoms with Gasteiger partial charge < -0.3 is 9.47 Å². The Bertz CT molecular complexity index is 932. The maximum Gasteiger partial charge on any atom is 0.302 e. The highest BCUT2D eigenvalue weighted by Gasteiger charge is 2.36. The minimum atomic E-state index is -0.505. The summed E-state index contributed by atoms with van der Waals surface area (Å²) in [6, 6.07) is 13.7. The normalized spacial score (nSPS) is 12.8. The van der Waals surface area contributed by atoms with E-state index in [9.17, 15) is 19.2 Å². The molecule has 0 spiro atoms. The number of ether oxygens (including phenoxy) is 2. The highest BCUT2D eigenvalue weighted by molar-refractivity contribution is 6.20. The monoisotopic (exact) mass is 411 g/mol. The van der Waals surface area contributed by atoms with E-state index in [-0.39, 0.29) is 25.7 Å². The number of carbonyl (C=O) groups excluding carboxylic acids is 4. The highest BCUT2D eigenvalue weighted by Crippen LogP contribution is 2.24. The molecule has 2 aromatic rings. The van der Waals surface area contributed by atoms with Gasteiger partial charge in [0.15, 0.2) is 0 Å². The Morgan fingerprint density at radius 1 is 0.867 bits per heavy atom. The first kappa shape index (κ1) is 21.2. The van der Waals surface area contributed by atoms with Gasteiger partial charge in [0.1, 0.15) is 19.8 Å². The number of amides is 2. The van der Waals surface area contributed by atoms with Crippen molar-refractivity contribution in [3.63, 3.8) is 0 Å². The summed E-state index contributed by atoms with van der Waals surface area (Å²) >= 11 is 0. The van der Waals surface area contributed by atoms with E-state index < -0.39 is 23.8 Å². The lowest BCUT2D eigenvalue weighted by Crippen LogP contribution is -2.29. The first-order valence-corrected chi connectivity index (χ1v) is 9.33. The standard InChI is InChI=1S/C22H21NO7/c1-14(24)28-12-18(13-29-15(2)25)17-7-5-6-16(10-17)11-30-23-21(26)19-8-3-4-9-20(19)22(23)27/h3-10,18H,11-13H2,1-2H3. The van der Waals surface area contributed by atoms with Crippen LogP contribution in [0.4, 0.5) is 0 Å². The van der Waals surface area contributed by atoms with Gasteiger partial charge in [-0.05, 0) is 23.3 Å². The molecule has 0 aromatic heterocycles. The third-order valence-electron chi connectivity index (χ3n) is 4.52. The van der Waals surface area contributed by atoms with Gasteiger partial charge in [0.05, 0.1) is 17.0 Å². The minimum Gasteiger partial charge on any atom is -0.465 e. The van der Waals surface area contributed by atoms with Crippen LogP contribution in [-0.2, 0) is 30.5 Å². The Morgan fingerprint density at radius 2 is 1.43 bits per heavy atom. The summed E-state index contributed by atoms with van der Waals surface area (Å²) in [5.74, 6) is -2.25. The topological polar surface area (TPSA) is 99.2 Å². The van der Waals surface area contributed by atoms with Crippen LogP contribution in [0, 0.1) is 0 Å². The van der Waals surface area contributed by atoms with Crippen LogP contribution in [0.5, 0.6) is 0 Å². The smallest absolute Gasteiger partial charge is 0.302 e. The fraction of sp³-hybridized carbons (Fsp3) is 0.273. The van der Waals surface area contributed by atoms with E-state index in [0.717, 1.165) is 10.6 Å². The molecule has 1 aliphatic rings. The molecule has 30 heavy (non-hydrogen) atoms. The van der Waals surface area contributed by atoms with Crippen molar-refractivity contribution in [3.05, 3.63) is 70.8 Å². The Morgan fingerprint density at radius 3 is 1.97 bits per heavy atom. The first-order valence-electron chi connectivity index (χ1n) is 9.33. The maximum absolute atomic E-state index is 12.4. The molecule has 0 N–H and O–H groups in total. The predicted octanol–water partition coefficient (Wildman–Crippen LogP) is 2.62. The van der Waals surface area contributed by atoms with Crippen LogP contribution in [0.2, 0.25) is 0 Å². The molecule has 0 saturated heterocycles. The number of imide groups is 1. The molecular formula is C22H21NO7. The van der Waals surface area contributed by atoms with E-state index in [0.29, 0.717) is 16.7 Å². The second-order valence-corrected chi connectivity index (χ2v) is 6.77. The van der Waals surface area contributed by atoms with Gasteiger partial charge in [0, 0.05) is 13.8 Å². The molecule has 0 fully saturated rings. The number of nitrogens with zero attached hydrogens (tertiary/aromatic N) is 1. The van der Waals surface area contributed by atoms with E-state index in [4.69, 9.17) is 14.3 Å². The number of rotatable bonds is 8. The van der Waals surface area contributed by atoms with Gasteiger partial charge in [0.2, 0.25) is 0 Å². The van der Waals surface area contributed by atoms with Crippen LogP contribution in [0.25, 0.3) is 0 Å². The second kappa shape index (κ2) is 9.32. The fourth-order valence-corrected chi connectivity index (χ4v) is 3.04. The molecule has 2 aromatic carbocycles. The zero-order valence-corrected chi connectivity index (χ0v) is 16.6. The average molecular weight is 411 g/mol. The first-order chi connectivity index (χ1) is 14.4. The summed E-state index contributed by atoms with van der Waals surface area (Å²) in [7, 11) is 0. The van der Waals surface area contributed by atoms with Crippen molar-refractivity contribution in [1.82, 2.24) is 5.06 Å². The van der Waals surface area contributed by atoms with E-state index in [2.05, 4.69) is 0 Å². The van der Waals surface area contributed by atoms with Gasteiger partial charge in [-0.2, -0.15) is 0 Å². The van der Waals surface area contributed by atoms with E-state index in [1.54, 1.807) is 42.5 Å². The molecule has 2 amide bonds. The number of esters is 2. The lowest BCUT2D eigenvalue weighted by Gasteiger charge is -2.18. The Hall–Kier alpha value is -3.52. The zero-order valence-electron chi connectivity index (χ0n) is 16.6. The van der Waals surface area contributed by atoms with Crippen molar-refractivity contribution in [2.24, 2.45) is 0 Å². The Balaban J connectivity index is 1.70. The molecule has 8 heteroatoms. The van der Waals surface area contributed by atoms with Crippen molar-refractivity contribution in [1.29, 1.82) is 0 Å². The zero-order chi connectivity index (χ0) is 21.7.